The van der Waals surface area contributed by atoms with Crippen LogP contribution in [0.2, 0.25) is 0 Å². The van der Waals surface area contributed by atoms with Gasteiger partial charge in [0.15, 0.2) is 0 Å². The molecule has 0 bridgehead atoms. The molecule has 0 spiro atoms. The summed E-state index contributed by atoms with van der Waals surface area (Å²) in [4.78, 5) is 12.2. The van der Waals surface area contributed by atoms with Crippen LogP contribution in [-0.4, -0.2) is 19.1 Å². The molecule has 2 aromatic carbocycles. The van der Waals surface area contributed by atoms with Gasteiger partial charge in [-0.2, -0.15) is 8.78 Å². The van der Waals surface area contributed by atoms with Gasteiger partial charge in [0.25, 0.3) is 5.91 Å². The molecule has 0 saturated heterocycles. The van der Waals surface area contributed by atoms with Crippen LogP contribution < -0.4 is 20.5 Å². The number of amides is 1. The van der Waals surface area contributed by atoms with E-state index in [-0.39, 0.29) is 18.2 Å². The first-order valence-electron chi connectivity index (χ1n) is 8.31. The van der Waals surface area contributed by atoms with Crippen LogP contribution in [0, 0.1) is 0 Å². The third-order valence-electron chi connectivity index (χ3n) is 3.62. The minimum absolute atomic E-state index is 0.0209. The molecule has 0 aliphatic carbocycles. The lowest BCUT2D eigenvalue weighted by Crippen LogP contribution is -2.23. The summed E-state index contributed by atoms with van der Waals surface area (Å²) in [5, 5.41) is 2.69. The topological polar surface area (TPSA) is 73.6 Å². The van der Waals surface area contributed by atoms with Crippen LogP contribution in [-0.2, 0) is 13.1 Å². The van der Waals surface area contributed by atoms with Gasteiger partial charge >= 0.3 is 6.61 Å². The highest BCUT2D eigenvalue weighted by Crippen LogP contribution is 2.26. The quantitative estimate of drug-likeness (QED) is 0.715. The van der Waals surface area contributed by atoms with Gasteiger partial charge in [0.2, 0.25) is 0 Å². The number of hydrogen-bond acceptors (Lipinski definition) is 4. The van der Waals surface area contributed by atoms with Crippen molar-refractivity contribution in [3.63, 3.8) is 0 Å². The Bertz CT molecular complexity index is 721. The second-order valence-corrected chi connectivity index (χ2v) is 5.58. The number of rotatable bonds is 9. The zero-order valence-corrected chi connectivity index (χ0v) is 14.5. The van der Waals surface area contributed by atoms with Crippen LogP contribution in [0.15, 0.2) is 42.5 Å². The molecule has 2 aromatic rings. The zero-order chi connectivity index (χ0) is 18.9. The van der Waals surface area contributed by atoms with Gasteiger partial charge in [-0.15, -0.1) is 0 Å². The Labute approximate surface area is 151 Å². The molecule has 0 heterocycles. The number of nitrogens with two attached hydrogens (primary N) is 1. The third-order valence-corrected chi connectivity index (χ3v) is 3.62. The zero-order valence-electron chi connectivity index (χ0n) is 14.5. The molecule has 2 rings (SSSR count). The van der Waals surface area contributed by atoms with Gasteiger partial charge in [0, 0.05) is 30.3 Å². The average molecular weight is 364 g/mol. The van der Waals surface area contributed by atoms with Gasteiger partial charge in [-0.1, -0.05) is 19.1 Å². The Hall–Kier alpha value is -2.67. The van der Waals surface area contributed by atoms with Crippen LogP contribution in [0.1, 0.15) is 34.8 Å². The lowest BCUT2D eigenvalue weighted by atomic mass is 10.1. The number of alkyl halides is 2. The first kappa shape index (κ1) is 19.7. The normalized spacial score (nSPS) is 10.7. The monoisotopic (exact) mass is 364 g/mol. The van der Waals surface area contributed by atoms with E-state index in [9.17, 15) is 13.6 Å². The van der Waals surface area contributed by atoms with Gasteiger partial charge < -0.3 is 20.5 Å². The highest BCUT2D eigenvalue weighted by atomic mass is 19.3. The van der Waals surface area contributed by atoms with E-state index < -0.39 is 6.61 Å². The van der Waals surface area contributed by atoms with E-state index in [1.165, 1.54) is 6.07 Å². The fraction of sp³-hybridized carbons (Fsp3) is 0.316. The van der Waals surface area contributed by atoms with Crippen LogP contribution in [0.25, 0.3) is 0 Å². The number of carbonyl (C=O) groups excluding carboxylic acids is 1. The predicted octanol–water partition coefficient (Wildman–Crippen LogP) is 3.47. The van der Waals surface area contributed by atoms with Gasteiger partial charge in [0.05, 0.1) is 6.61 Å². The molecule has 0 aliphatic rings. The summed E-state index contributed by atoms with van der Waals surface area (Å²) in [5.74, 6) is 0.102. The summed E-state index contributed by atoms with van der Waals surface area (Å²) in [6.45, 7) is -0.102. The Morgan fingerprint density at radius 3 is 2.54 bits per heavy atom. The summed E-state index contributed by atoms with van der Waals surface area (Å²) < 4.78 is 35.3. The molecular weight excluding hydrogens is 342 g/mol. The fourth-order valence-corrected chi connectivity index (χ4v) is 2.27. The van der Waals surface area contributed by atoms with E-state index in [4.69, 9.17) is 10.5 Å². The van der Waals surface area contributed by atoms with E-state index in [0.717, 1.165) is 12.0 Å². The molecule has 1 amide bonds. The second-order valence-electron chi connectivity index (χ2n) is 5.58. The van der Waals surface area contributed by atoms with Crippen molar-refractivity contribution >= 4 is 5.91 Å². The second kappa shape index (κ2) is 9.72. The Balaban J connectivity index is 2.07. The highest BCUT2D eigenvalue weighted by Gasteiger charge is 2.13. The summed E-state index contributed by atoms with van der Waals surface area (Å²) in [7, 11) is 0. The van der Waals surface area contributed by atoms with Gasteiger partial charge in [0.1, 0.15) is 11.5 Å². The van der Waals surface area contributed by atoms with Crippen molar-refractivity contribution in [2.24, 2.45) is 5.73 Å². The molecule has 0 unspecified atom stereocenters. The van der Waals surface area contributed by atoms with Crippen LogP contribution in [0.4, 0.5) is 8.78 Å². The fourth-order valence-electron chi connectivity index (χ4n) is 2.27. The number of benzene rings is 2. The van der Waals surface area contributed by atoms with Crippen molar-refractivity contribution in [2.45, 2.75) is 33.0 Å². The number of carbonyl (C=O) groups is 1. The molecule has 0 aliphatic heterocycles. The molecule has 26 heavy (non-hydrogen) atoms. The smallest absolute Gasteiger partial charge is 0.387 e. The van der Waals surface area contributed by atoms with E-state index in [1.807, 2.05) is 6.92 Å². The van der Waals surface area contributed by atoms with Gasteiger partial charge in [-0.05, 0) is 36.2 Å². The number of nitrogens with one attached hydrogen (secondary N) is 1. The van der Waals surface area contributed by atoms with Crippen LogP contribution in [0.5, 0.6) is 11.5 Å². The van der Waals surface area contributed by atoms with Crippen molar-refractivity contribution < 1.29 is 23.0 Å². The molecular formula is C19H22F2N2O3. The van der Waals surface area contributed by atoms with Gasteiger partial charge in [-0.25, -0.2) is 0 Å². The maximum absolute atomic E-state index is 12.7. The molecule has 0 saturated carbocycles. The Kier molecular flexibility index (Phi) is 7.35. The number of hydrogen-bond donors (Lipinski definition) is 2. The SMILES string of the molecule is CCCOc1ccc(CNC(=O)c2ccc(CN)cc2)c(OC(F)F)c1. The standard InChI is InChI=1S/C19H22F2N2O3/c1-2-9-25-16-8-7-15(17(10-16)26-19(20)21)12-23-18(24)14-5-3-13(11-22)4-6-14/h3-8,10,19H,2,9,11-12,22H2,1H3,(H,23,24). The van der Waals surface area contributed by atoms with E-state index in [0.29, 0.717) is 30.0 Å². The lowest BCUT2D eigenvalue weighted by molar-refractivity contribution is -0.0505. The first-order chi connectivity index (χ1) is 12.5. The average Bonchev–Trinajstić information content (AvgIpc) is 2.65. The maximum atomic E-state index is 12.7. The summed E-state index contributed by atoms with van der Waals surface area (Å²) in [6, 6.07) is 11.5. The molecule has 0 fully saturated rings. The van der Waals surface area contributed by atoms with Crippen molar-refractivity contribution in [3.8, 4) is 11.5 Å². The van der Waals surface area contributed by atoms with E-state index in [1.54, 1.807) is 36.4 Å². The van der Waals surface area contributed by atoms with Crippen LogP contribution in [0.3, 0.4) is 0 Å². The number of halogens is 2. The number of ether oxygens (including phenoxy) is 2. The maximum Gasteiger partial charge on any atom is 0.387 e. The minimum Gasteiger partial charge on any atom is -0.493 e. The summed E-state index contributed by atoms with van der Waals surface area (Å²) in [5.41, 5.74) is 7.33. The summed E-state index contributed by atoms with van der Waals surface area (Å²) in [6.07, 6.45) is 0.797. The first-order valence-corrected chi connectivity index (χ1v) is 8.31. The Morgan fingerprint density at radius 2 is 1.92 bits per heavy atom. The highest BCUT2D eigenvalue weighted by molar-refractivity contribution is 5.94. The van der Waals surface area contributed by atoms with Crippen molar-refractivity contribution in [3.05, 3.63) is 59.2 Å². The molecule has 140 valence electrons. The molecule has 0 radical (unpaired) electrons. The summed E-state index contributed by atoms with van der Waals surface area (Å²) >= 11 is 0. The van der Waals surface area contributed by atoms with Crippen molar-refractivity contribution in [1.82, 2.24) is 5.32 Å². The third kappa shape index (κ3) is 5.70. The van der Waals surface area contributed by atoms with Gasteiger partial charge in [-0.3, -0.25) is 4.79 Å². The van der Waals surface area contributed by atoms with E-state index >= 15 is 0 Å². The minimum atomic E-state index is -2.96. The molecule has 7 heteroatoms. The molecule has 0 atom stereocenters. The van der Waals surface area contributed by atoms with E-state index in [2.05, 4.69) is 10.1 Å². The van der Waals surface area contributed by atoms with Crippen molar-refractivity contribution in [2.75, 3.05) is 6.61 Å². The van der Waals surface area contributed by atoms with Crippen molar-refractivity contribution in [1.29, 1.82) is 0 Å². The van der Waals surface area contributed by atoms with Crippen LogP contribution >= 0.6 is 0 Å². The molecule has 3 N–H and O–H groups in total. The largest absolute Gasteiger partial charge is 0.493 e. The molecule has 5 nitrogen and oxygen atoms in total. The Morgan fingerprint density at radius 1 is 1.19 bits per heavy atom. The lowest BCUT2D eigenvalue weighted by Gasteiger charge is -2.14. The predicted molar refractivity (Wildman–Crippen MR) is 94.4 cm³/mol. The molecule has 0 aromatic heterocycles.